The van der Waals surface area contributed by atoms with Gasteiger partial charge in [0.15, 0.2) is 0 Å². The first kappa shape index (κ1) is 18.3. The zero-order chi connectivity index (χ0) is 17.1. The SMILES string of the molecule is Cc1cc(C(=N)c2cc(Br)cnc2NPI)cc(C)c1C(N)=O. The smallest absolute Gasteiger partial charge is 0.249 e. The Labute approximate surface area is 157 Å². The number of benzene rings is 1. The standard InChI is InChI=1S/C15H15BrIN4OP/c1-7-3-9(4-8(2)12(7)14(19)22)13(18)11-5-10(16)6-20-15(11)21-23-17/h3-6,18,23H,1-2H3,(H2,19,22)(H,20,21). The molecule has 2 rings (SSSR count). The number of rotatable bonds is 5. The van der Waals surface area contributed by atoms with Crippen LogP contribution in [0.1, 0.15) is 32.6 Å². The number of amides is 1. The van der Waals surface area contributed by atoms with Crippen LogP contribution in [0.5, 0.6) is 0 Å². The van der Waals surface area contributed by atoms with Gasteiger partial charge in [0.05, 0.1) is 5.71 Å². The lowest BCUT2D eigenvalue weighted by molar-refractivity contribution is 0.0999. The summed E-state index contributed by atoms with van der Waals surface area (Å²) >= 11 is 5.62. The Morgan fingerprint density at radius 1 is 1.35 bits per heavy atom. The predicted octanol–water partition coefficient (Wildman–Crippen LogP) is 4.33. The van der Waals surface area contributed by atoms with Crippen LogP contribution in [0, 0.1) is 19.3 Å². The quantitative estimate of drug-likeness (QED) is 0.321. The monoisotopic (exact) mass is 504 g/mol. The molecule has 0 saturated carbocycles. The molecule has 0 fully saturated rings. The number of carbonyl (C=O) groups is 1. The number of pyridine rings is 1. The summed E-state index contributed by atoms with van der Waals surface area (Å²) in [7, 11) is 0. The third kappa shape index (κ3) is 4.08. The third-order valence-corrected chi connectivity index (χ3v) is 4.93. The highest BCUT2D eigenvalue weighted by Gasteiger charge is 2.16. The minimum Gasteiger partial charge on any atom is -0.366 e. The highest BCUT2D eigenvalue weighted by Crippen LogP contribution is 2.29. The molecule has 0 aliphatic rings. The van der Waals surface area contributed by atoms with Crippen molar-refractivity contribution >= 4 is 61.8 Å². The number of aromatic nitrogens is 1. The molecule has 120 valence electrons. The number of hydrogen-bond acceptors (Lipinski definition) is 4. The van der Waals surface area contributed by atoms with E-state index in [1.165, 1.54) is 0 Å². The van der Waals surface area contributed by atoms with E-state index in [2.05, 4.69) is 48.0 Å². The van der Waals surface area contributed by atoms with Crippen molar-refractivity contribution < 1.29 is 4.79 Å². The van der Waals surface area contributed by atoms with Gasteiger partial charge >= 0.3 is 0 Å². The first-order valence-electron chi connectivity index (χ1n) is 6.62. The summed E-state index contributed by atoms with van der Waals surface area (Å²) in [5, 5.41) is 11.7. The zero-order valence-corrected chi connectivity index (χ0v) is 17.2. The molecule has 1 aromatic heterocycles. The van der Waals surface area contributed by atoms with Crippen molar-refractivity contribution in [1.29, 1.82) is 5.41 Å². The molecule has 1 amide bonds. The van der Waals surface area contributed by atoms with Crippen LogP contribution in [0.2, 0.25) is 0 Å². The maximum atomic E-state index is 11.5. The Hall–Kier alpha value is -1.05. The molecule has 0 aliphatic heterocycles. The van der Waals surface area contributed by atoms with Crippen LogP contribution in [-0.2, 0) is 0 Å². The van der Waals surface area contributed by atoms with Crippen LogP contribution in [0.4, 0.5) is 5.82 Å². The third-order valence-electron chi connectivity index (χ3n) is 3.36. The van der Waals surface area contributed by atoms with Gasteiger partial charge in [-0.3, -0.25) is 10.2 Å². The lowest BCUT2D eigenvalue weighted by Gasteiger charge is -2.14. The van der Waals surface area contributed by atoms with E-state index in [9.17, 15) is 4.79 Å². The van der Waals surface area contributed by atoms with Crippen molar-refractivity contribution in [2.45, 2.75) is 13.8 Å². The highest BCUT2D eigenvalue weighted by atomic mass is 127. The molecule has 23 heavy (non-hydrogen) atoms. The average molecular weight is 505 g/mol. The lowest BCUT2D eigenvalue weighted by atomic mass is 9.94. The van der Waals surface area contributed by atoms with Crippen molar-refractivity contribution in [1.82, 2.24) is 4.98 Å². The maximum absolute atomic E-state index is 11.5. The van der Waals surface area contributed by atoms with Crippen molar-refractivity contribution in [3.63, 3.8) is 0 Å². The van der Waals surface area contributed by atoms with Crippen LogP contribution < -0.4 is 10.8 Å². The number of aryl methyl sites for hydroxylation is 2. The van der Waals surface area contributed by atoms with Crippen molar-refractivity contribution in [2.24, 2.45) is 5.73 Å². The summed E-state index contributed by atoms with van der Waals surface area (Å²) in [6.07, 6.45) is 2.15. The Kier molecular flexibility index (Phi) is 6.11. The number of hydrogen-bond donors (Lipinski definition) is 3. The molecule has 1 aromatic carbocycles. The molecule has 8 heteroatoms. The van der Waals surface area contributed by atoms with E-state index in [1.54, 1.807) is 6.20 Å². The van der Waals surface area contributed by atoms with Gasteiger partial charge in [-0.25, -0.2) is 4.98 Å². The fourth-order valence-corrected chi connectivity index (χ4v) is 3.81. The van der Waals surface area contributed by atoms with E-state index in [4.69, 9.17) is 11.1 Å². The molecule has 0 radical (unpaired) electrons. The van der Waals surface area contributed by atoms with Gasteiger partial charge in [-0.05, 0) is 81.1 Å². The number of primary amides is 1. The highest BCUT2D eigenvalue weighted by molar-refractivity contribution is 14.2. The van der Waals surface area contributed by atoms with Gasteiger partial charge in [-0.1, -0.05) is 0 Å². The largest absolute Gasteiger partial charge is 0.366 e. The number of carbonyl (C=O) groups excluding carboxylic acids is 1. The molecule has 1 atom stereocenters. The van der Waals surface area contributed by atoms with Gasteiger partial charge in [0, 0.05) is 33.7 Å². The van der Waals surface area contributed by atoms with Gasteiger partial charge in [0.1, 0.15) is 5.82 Å². The van der Waals surface area contributed by atoms with Crippen molar-refractivity contribution in [3.05, 3.63) is 56.7 Å². The van der Waals surface area contributed by atoms with Crippen LogP contribution in [-0.4, -0.2) is 16.6 Å². The van der Waals surface area contributed by atoms with Gasteiger partial charge in [-0.15, -0.1) is 0 Å². The Bertz CT molecular complexity index is 774. The Morgan fingerprint density at radius 2 is 1.96 bits per heavy atom. The molecule has 0 spiro atoms. The maximum Gasteiger partial charge on any atom is 0.249 e. The molecule has 5 nitrogen and oxygen atoms in total. The fourth-order valence-electron chi connectivity index (χ4n) is 2.43. The minimum absolute atomic E-state index is 0.346. The molecule has 4 N–H and O–H groups in total. The Morgan fingerprint density at radius 3 is 2.48 bits per heavy atom. The molecular weight excluding hydrogens is 490 g/mol. The fraction of sp³-hybridized carbons (Fsp3) is 0.133. The van der Waals surface area contributed by atoms with Crippen LogP contribution in [0.25, 0.3) is 0 Å². The van der Waals surface area contributed by atoms with Crippen LogP contribution in [0.3, 0.4) is 0 Å². The minimum atomic E-state index is -0.448. The molecule has 0 saturated heterocycles. The number of anilines is 1. The summed E-state index contributed by atoms with van der Waals surface area (Å²) < 4.78 is 0.807. The number of nitrogens with one attached hydrogen (secondary N) is 2. The average Bonchev–Trinajstić information content (AvgIpc) is 2.47. The number of halogens is 2. The summed E-state index contributed by atoms with van der Waals surface area (Å²) in [5.41, 5.74) is 9.25. The van der Waals surface area contributed by atoms with E-state index in [0.29, 0.717) is 29.0 Å². The second-order valence-corrected chi connectivity index (χ2v) is 7.97. The Balaban J connectivity index is 2.53. The normalized spacial score (nSPS) is 11.0. The topological polar surface area (TPSA) is 91.9 Å². The van der Waals surface area contributed by atoms with Crippen LogP contribution >= 0.6 is 44.3 Å². The molecule has 2 aromatic rings. The van der Waals surface area contributed by atoms with E-state index >= 15 is 0 Å². The van der Waals surface area contributed by atoms with Gasteiger partial charge < -0.3 is 10.8 Å². The van der Waals surface area contributed by atoms with Gasteiger partial charge in [-0.2, -0.15) is 0 Å². The number of nitrogens with zero attached hydrogens (tertiary/aromatic N) is 1. The van der Waals surface area contributed by atoms with Crippen molar-refractivity contribution in [3.8, 4) is 0 Å². The van der Waals surface area contributed by atoms with Gasteiger partial charge in [0.25, 0.3) is 0 Å². The summed E-state index contributed by atoms with van der Waals surface area (Å²) in [6, 6.07) is 5.49. The lowest BCUT2D eigenvalue weighted by Crippen LogP contribution is -2.16. The number of nitrogens with two attached hydrogens (primary N) is 1. The van der Waals surface area contributed by atoms with E-state index in [-0.39, 0.29) is 0 Å². The molecule has 0 bridgehead atoms. The van der Waals surface area contributed by atoms with E-state index < -0.39 is 5.91 Å². The second kappa shape index (κ2) is 7.68. The van der Waals surface area contributed by atoms with Crippen LogP contribution in [0.15, 0.2) is 28.9 Å². The first-order chi connectivity index (χ1) is 10.8. The van der Waals surface area contributed by atoms with Gasteiger partial charge in [0.2, 0.25) is 5.91 Å². The molecule has 1 unspecified atom stereocenters. The summed E-state index contributed by atoms with van der Waals surface area (Å²) in [5.74, 6) is 0.218. The van der Waals surface area contributed by atoms with E-state index in [1.807, 2.05) is 32.0 Å². The summed E-state index contributed by atoms with van der Waals surface area (Å²) in [4.78, 5) is 15.9. The molecule has 1 heterocycles. The first-order valence-corrected chi connectivity index (χ1v) is 11.5. The molecular formula is C15H15BrIN4OP. The molecule has 0 aliphatic carbocycles. The van der Waals surface area contributed by atoms with E-state index in [0.717, 1.165) is 21.2 Å². The summed E-state index contributed by atoms with van der Waals surface area (Å²) in [6.45, 7) is 3.66. The van der Waals surface area contributed by atoms with Crippen molar-refractivity contribution in [2.75, 3.05) is 5.09 Å². The predicted molar refractivity (Wildman–Crippen MR) is 108 cm³/mol. The second-order valence-electron chi connectivity index (χ2n) is 4.99. The zero-order valence-electron chi connectivity index (χ0n) is 12.5.